The number of nitrogens with zero attached hydrogens (tertiary/aromatic N) is 1. The Morgan fingerprint density at radius 3 is 2.29 bits per heavy atom. The number of carbonyl (C=O) groups excluding carboxylic acids is 1. The van der Waals surface area contributed by atoms with Crippen molar-refractivity contribution >= 4 is 27.3 Å². The molecule has 28 heavy (non-hydrogen) atoms. The van der Waals surface area contributed by atoms with Gasteiger partial charge in [-0.15, -0.1) is 0 Å². The van der Waals surface area contributed by atoms with Crippen LogP contribution in [0.2, 0.25) is 0 Å². The molecule has 0 heterocycles. The van der Waals surface area contributed by atoms with Crippen molar-refractivity contribution in [3.63, 3.8) is 0 Å². The Balaban J connectivity index is 2.40. The summed E-state index contributed by atoms with van der Waals surface area (Å²) in [4.78, 5) is 12.8. The molecule has 1 atom stereocenters. The molecule has 7 nitrogen and oxygen atoms in total. The van der Waals surface area contributed by atoms with E-state index in [2.05, 4.69) is 5.32 Å². The number of nitrogens with one attached hydrogen (secondary N) is 1. The van der Waals surface area contributed by atoms with E-state index in [1.165, 1.54) is 27.2 Å². The van der Waals surface area contributed by atoms with Gasteiger partial charge < -0.3 is 14.8 Å². The van der Waals surface area contributed by atoms with E-state index in [0.717, 1.165) is 21.7 Å². The molecule has 0 saturated carbocycles. The number of sulfonamides is 1. The molecular weight excluding hydrogens is 380 g/mol. The van der Waals surface area contributed by atoms with Crippen LogP contribution >= 0.6 is 0 Å². The van der Waals surface area contributed by atoms with Crippen molar-refractivity contribution in [3.05, 3.63) is 47.5 Å². The molecule has 1 N–H and O–H groups in total. The molecule has 0 bridgehead atoms. The average Bonchev–Trinajstić information content (AvgIpc) is 2.64. The smallest absolute Gasteiger partial charge is 0.248 e. The Morgan fingerprint density at radius 1 is 1.07 bits per heavy atom. The highest BCUT2D eigenvalue weighted by atomic mass is 32.2. The minimum absolute atomic E-state index is 0.309. The zero-order valence-electron chi connectivity index (χ0n) is 16.9. The molecule has 1 amide bonds. The molecule has 2 rings (SSSR count). The van der Waals surface area contributed by atoms with E-state index in [4.69, 9.17) is 9.47 Å². The highest BCUT2D eigenvalue weighted by molar-refractivity contribution is 7.92. The molecule has 0 aliphatic heterocycles. The first-order valence-electron chi connectivity index (χ1n) is 8.68. The lowest BCUT2D eigenvalue weighted by Gasteiger charge is -2.29. The van der Waals surface area contributed by atoms with Gasteiger partial charge in [0, 0.05) is 11.8 Å². The van der Waals surface area contributed by atoms with Gasteiger partial charge in [-0.25, -0.2) is 8.42 Å². The van der Waals surface area contributed by atoms with E-state index in [1.54, 1.807) is 18.2 Å². The summed E-state index contributed by atoms with van der Waals surface area (Å²) in [5, 5.41) is 2.82. The van der Waals surface area contributed by atoms with Gasteiger partial charge in [0.25, 0.3) is 0 Å². The highest BCUT2D eigenvalue weighted by Gasteiger charge is 2.30. The van der Waals surface area contributed by atoms with Crippen LogP contribution in [-0.2, 0) is 14.8 Å². The lowest BCUT2D eigenvalue weighted by atomic mass is 10.1. The summed E-state index contributed by atoms with van der Waals surface area (Å²) in [5.41, 5.74) is 2.92. The number of hydrogen-bond donors (Lipinski definition) is 1. The summed E-state index contributed by atoms with van der Waals surface area (Å²) in [6.07, 6.45) is 1.06. The summed E-state index contributed by atoms with van der Waals surface area (Å²) in [7, 11) is -0.788. The molecule has 0 fully saturated rings. The third-order valence-electron chi connectivity index (χ3n) is 4.57. The first kappa shape index (κ1) is 21.6. The Morgan fingerprint density at radius 2 is 1.71 bits per heavy atom. The van der Waals surface area contributed by atoms with Crippen molar-refractivity contribution in [2.75, 3.05) is 30.1 Å². The number of aryl methyl sites for hydroxylation is 1. The number of rotatable bonds is 7. The Bertz CT molecular complexity index is 973. The normalized spacial score (nSPS) is 12.2. The van der Waals surface area contributed by atoms with Crippen LogP contribution in [0.15, 0.2) is 36.4 Å². The van der Waals surface area contributed by atoms with Crippen molar-refractivity contribution in [1.29, 1.82) is 0 Å². The lowest BCUT2D eigenvalue weighted by molar-refractivity contribution is -0.116. The Labute approximate surface area is 166 Å². The Kier molecular flexibility index (Phi) is 6.56. The van der Waals surface area contributed by atoms with Crippen LogP contribution in [0.25, 0.3) is 0 Å². The van der Waals surface area contributed by atoms with Crippen molar-refractivity contribution in [3.8, 4) is 11.5 Å². The second-order valence-corrected chi connectivity index (χ2v) is 8.37. The van der Waals surface area contributed by atoms with Crippen LogP contribution in [0.3, 0.4) is 0 Å². The van der Waals surface area contributed by atoms with Crippen molar-refractivity contribution in [2.45, 2.75) is 26.8 Å². The summed E-state index contributed by atoms with van der Waals surface area (Å²) in [5.74, 6) is 0.400. The molecule has 0 aliphatic rings. The summed E-state index contributed by atoms with van der Waals surface area (Å²) >= 11 is 0. The quantitative estimate of drug-likeness (QED) is 0.764. The standard InChI is InChI=1S/C20H26N2O5S/c1-13-8-7-9-17(14(13)2)21-20(23)15(3)22(28(6,24)25)16-10-11-18(26-4)19(12-16)27-5/h7-12,15H,1-6H3,(H,21,23). The molecule has 1 unspecified atom stereocenters. The number of carbonyl (C=O) groups is 1. The molecule has 2 aromatic carbocycles. The molecule has 0 aromatic heterocycles. The molecule has 0 spiro atoms. The minimum atomic E-state index is -3.74. The molecule has 0 saturated heterocycles. The average molecular weight is 407 g/mol. The number of methoxy groups -OCH3 is 2. The third kappa shape index (κ3) is 4.56. The molecule has 0 radical (unpaired) electrons. The number of amides is 1. The maximum absolute atomic E-state index is 12.8. The van der Waals surface area contributed by atoms with Gasteiger partial charge in [-0.1, -0.05) is 12.1 Å². The monoisotopic (exact) mass is 406 g/mol. The van der Waals surface area contributed by atoms with Crippen LogP contribution < -0.4 is 19.1 Å². The number of ether oxygens (including phenoxy) is 2. The van der Waals surface area contributed by atoms with Crippen LogP contribution in [0.4, 0.5) is 11.4 Å². The second-order valence-electron chi connectivity index (χ2n) is 6.51. The van der Waals surface area contributed by atoms with Gasteiger partial charge in [-0.05, 0) is 50.1 Å². The summed E-state index contributed by atoms with van der Waals surface area (Å²) < 4.78 is 36.5. The van der Waals surface area contributed by atoms with Gasteiger partial charge in [0.1, 0.15) is 6.04 Å². The zero-order valence-corrected chi connectivity index (χ0v) is 17.8. The minimum Gasteiger partial charge on any atom is -0.493 e. The van der Waals surface area contributed by atoms with Gasteiger partial charge in [0.15, 0.2) is 11.5 Å². The van der Waals surface area contributed by atoms with Crippen LogP contribution in [-0.4, -0.2) is 40.8 Å². The van der Waals surface area contributed by atoms with Gasteiger partial charge >= 0.3 is 0 Å². The van der Waals surface area contributed by atoms with Gasteiger partial charge in [0.05, 0.1) is 26.2 Å². The maximum Gasteiger partial charge on any atom is 0.248 e. The van der Waals surface area contributed by atoms with Gasteiger partial charge in [0.2, 0.25) is 15.9 Å². The van der Waals surface area contributed by atoms with E-state index in [9.17, 15) is 13.2 Å². The topological polar surface area (TPSA) is 84.9 Å². The molecule has 2 aromatic rings. The van der Waals surface area contributed by atoms with E-state index >= 15 is 0 Å². The maximum atomic E-state index is 12.8. The fourth-order valence-corrected chi connectivity index (χ4v) is 4.06. The Hall–Kier alpha value is -2.74. The van der Waals surface area contributed by atoms with Crippen LogP contribution in [0.1, 0.15) is 18.1 Å². The first-order chi connectivity index (χ1) is 13.1. The summed E-state index contributed by atoms with van der Waals surface area (Å²) in [6, 6.07) is 9.29. The predicted molar refractivity (Wildman–Crippen MR) is 111 cm³/mol. The second kappa shape index (κ2) is 8.52. The lowest BCUT2D eigenvalue weighted by Crippen LogP contribution is -2.45. The van der Waals surface area contributed by atoms with E-state index < -0.39 is 22.0 Å². The van der Waals surface area contributed by atoms with E-state index in [0.29, 0.717) is 22.9 Å². The van der Waals surface area contributed by atoms with Crippen molar-refractivity contribution in [1.82, 2.24) is 0 Å². The zero-order chi connectivity index (χ0) is 21.1. The highest BCUT2D eigenvalue weighted by Crippen LogP contribution is 2.33. The molecule has 0 aliphatic carbocycles. The van der Waals surface area contributed by atoms with Crippen molar-refractivity contribution < 1.29 is 22.7 Å². The van der Waals surface area contributed by atoms with Crippen LogP contribution in [0.5, 0.6) is 11.5 Å². The predicted octanol–water partition coefficient (Wildman–Crippen LogP) is 3.11. The number of anilines is 2. The number of hydrogen-bond acceptors (Lipinski definition) is 5. The summed E-state index contributed by atoms with van der Waals surface area (Å²) in [6.45, 7) is 5.39. The van der Waals surface area contributed by atoms with Gasteiger partial charge in [-0.3, -0.25) is 9.10 Å². The first-order valence-corrected chi connectivity index (χ1v) is 10.5. The SMILES string of the molecule is COc1ccc(N(C(C)C(=O)Nc2cccc(C)c2C)S(C)(=O)=O)cc1OC. The van der Waals surface area contributed by atoms with E-state index in [1.807, 2.05) is 26.0 Å². The molecular formula is C20H26N2O5S. The largest absolute Gasteiger partial charge is 0.493 e. The van der Waals surface area contributed by atoms with Crippen LogP contribution in [0, 0.1) is 13.8 Å². The number of benzene rings is 2. The van der Waals surface area contributed by atoms with Crippen molar-refractivity contribution in [2.24, 2.45) is 0 Å². The molecule has 152 valence electrons. The fraction of sp³-hybridized carbons (Fsp3) is 0.350. The van der Waals surface area contributed by atoms with Gasteiger partial charge in [-0.2, -0.15) is 0 Å². The third-order valence-corrected chi connectivity index (χ3v) is 5.81. The van der Waals surface area contributed by atoms with E-state index in [-0.39, 0.29) is 0 Å². The fourth-order valence-electron chi connectivity index (χ4n) is 2.89. The molecule has 8 heteroatoms.